The Kier molecular flexibility index (Phi) is 6.07. The fourth-order valence-electron chi connectivity index (χ4n) is 4.54. The minimum Gasteiger partial charge on any atom is -0.378 e. The van der Waals surface area contributed by atoms with Crippen molar-refractivity contribution in [3.63, 3.8) is 0 Å². The summed E-state index contributed by atoms with van der Waals surface area (Å²) in [7, 11) is 0. The van der Waals surface area contributed by atoms with Gasteiger partial charge in [0.2, 0.25) is 0 Å². The molecule has 0 saturated carbocycles. The number of fused-ring (bicyclic) bond motifs is 1. The van der Waals surface area contributed by atoms with E-state index in [2.05, 4.69) is 44.6 Å². The lowest BCUT2D eigenvalue weighted by atomic mass is 9.95. The summed E-state index contributed by atoms with van der Waals surface area (Å²) in [6.07, 6.45) is 3.07. The minimum absolute atomic E-state index is 0.108. The molecule has 2 aliphatic heterocycles. The summed E-state index contributed by atoms with van der Waals surface area (Å²) < 4.78 is 34.1. The molecular formula is C24H28F2N6O. The average molecular weight is 455 g/mol. The first-order chi connectivity index (χ1) is 16.0. The first kappa shape index (κ1) is 21.9. The highest BCUT2D eigenvalue weighted by molar-refractivity contribution is 5.88. The molecule has 1 aromatic carbocycles. The lowest BCUT2D eigenvalue weighted by molar-refractivity contribution is -0.0728. The Bertz CT molecular complexity index is 1140. The lowest BCUT2D eigenvalue weighted by Gasteiger charge is -2.32. The van der Waals surface area contributed by atoms with Crippen molar-refractivity contribution in [1.82, 2.24) is 20.3 Å². The number of aryl methyl sites for hydroxylation is 1. The van der Waals surface area contributed by atoms with Gasteiger partial charge in [-0.05, 0) is 30.7 Å². The van der Waals surface area contributed by atoms with Gasteiger partial charge in [-0.2, -0.15) is 0 Å². The Labute approximate surface area is 191 Å². The van der Waals surface area contributed by atoms with Gasteiger partial charge in [0, 0.05) is 62.8 Å². The molecule has 0 amide bonds. The van der Waals surface area contributed by atoms with Crippen LogP contribution in [0.25, 0.3) is 22.3 Å². The number of rotatable bonds is 5. The van der Waals surface area contributed by atoms with Gasteiger partial charge in [0.15, 0.2) is 5.82 Å². The Morgan fingerprint density at radius 1 is 1.18 bits per heavy atom. The number of nitrogens with zero attached hydrogens (tertiary/aromatic N) is 4. The summed E-state index contributed by atoms with van der Waals surface area (Å²) in [4.78, 5) is 15.9. The van der Waals surface area contributed by atoms with Gasteiger partial charge in [0.25, 0.3) is 5.92 Å². The predicted octanol–water partition coefficient (Wildman–Crippen LogP) is 3.49. The normalized spacial score (nSPS) is 20.7. The fourth-order valence-corrected chi connectivity index (χ4v) is 4.54. The van der Waals surface area contributed by atoms with E-state index in [0.29, 0.717) is 23.4 Å². The van der Waals surface area contributed by atoms with Gasteiger partial charge in [-0.25, -0.2) is 18.7 Å². The van der Waals surface area contributed by atoms with Gasteiger partial charge in [-0.15, -0.1) is 0 Å². The number of anilines is 2. The Morgan fingerprint density at radius 3 is 2.79 bits per heavy atom. The van der Waals surface area contributed by atoms with E-state index in [0.717, 1.165) is 43.1 Å². The third kappa shape index (κ3) is 4.60. The summed E-state index contributed by atoms with van der Waals surface area (Å²) in [5.74, 6) is -3.03. The second-order valence-corrected chi connectivity index (χ2v) is 8.67. The Balaban J connectivity index is 1.45. The number of hydrogen-bond donors (Lipinski definition) is 2. The van der Waals surface area contributed by atoms with Gasteiger partial charge in [0.05, 0.1) is 30.3 Å². The number of ether oxygens (including phenoxy) is 1. The van der Waals surface area contributed by atoms with Crippen molar-refractivity contribution in [3.8, 4) is 11.3 Å². The first-order valence-electron chi connectivity index (χ1n) is 11.4. The summed E-state index contributed by atoms with van der Waals surface area (Å²) in [6.45, 7) is 6.02. The Morgan fingerprint density at radius 2 is 2.00 bits per heavy atom. The van der Waals surface area contributed by atoms with Crippen LogP contribution in [-0.2, 0) is 4.74 Å². The van der Waals surface area contributed by atoms with Crippen molar-refractivity contribution < 1.29 is 13.5 Å². The van der Waals surface area contributed by atoms with E-state index in [1.54, 1.807) is 12.4 Å². The van der Waals surface area contributed by atoms with E-state index in [9.17, 15) is 8.78 Å². The number of hydrogen-bond acceptors (Lipinski definition) is 7. The van der Waals surface area contributed by atoms with Gasteiger partial charge >= 0.3 is 0 Å². The van der Waals surface area contributed by atoms with Crippen molar-refractivity contribution in [1.29, 1.82) is 0 Å². The zero-order chi connectivity index (χ0) is 22.8. The molecule has 2 saturated heterocycles. The molecule has 174 valence electrons. The standard InChI is InChI=1S/C24H28F2N6O/c1-16-12-17(2-3-21(16)32-8-10-33-11-9-32)19-13-20-22(29-7-6-28-20)23(31-19)30-15-18-14-27-5-4-24(18,25)26/h2-3,6-7,12-13,18,27H,4-5,8-11,14-15H2,1H3,(H,30,31). The molecule has 2 N–H and O–H groups in total. The molecule has 0 aliphatic carbocycles. The van der Waals surface area contributed by atoms with E-state index in [4.69, 9.17) is 9.72 Å². The molecule has 1 atom stereocenters. The molecule has 4 heterocycles. The van der Waals surface area contributed by atoms with E-state index >= 15 is 0 Å². The molecule has 2 aromatic heterocycles. The van der Waals surface area contributed by atoms with Crippen LogP contribution in [0.15, 0.2) is 36.7 Å². The third-order valence-corrected chi connectivity index (χ3v) is 6.44. The molecule has 7 nitrogen and oxygen atoms in total. The van der Waals surface area contributed by atoms with Crippen LogP contribution in [0.4, 0.5) is 20.3 Å². The average Bonchev–Trinajstić information content (AvgIpc) is 2.83. The summed E-state index contributed by atoms with van der Waals surface area (Å²) in [5, 5.41) is 6.20. The number of halogens is 2. The number of piperidine rings is 1. The number of benzene rings is 1. The van der Waals surface area contributed by atoms with Gasteiger partial charge in [-0.3, -0.25) is 4.98 Å². The molecule has 3 aromatic rings. The van der Waals surface area contributed by atoms with Crippen LogP contribution in [0.2, 0.25) is 0 Å². The first-order valence-corrected chi connectivity index (χ1v) is 11.4. The van der Waals surface area contributed by atoms with E-state index in [1.807, 2.05) is 12.1 Å². The molecule has 0 spiro atoms. The zero-order valence-corrected chi connectivity index (χ0v) is 18.7. The topological polar surface area (TPSA) is 75.2 Å². The molecule has 0 bridgehead atoms. The molecule has 1 unspecified atom stereocenters. The summed E-state index contributed by atoms with van der Waals surface area (Å²) >= 11 is 0. The smallest absolute Gasteiger partial charge is 0.255 e. The van der Waals surface area contributed by atoms with Crippen LogP contribution < -0.4 is 15.5 Å². The molecule has 2 fully saturated rings. The van der Waals surface area contributed by atoms with Crippen molar-refractivity contribution in [2.75, 3.05) is 56.2 Å². The second-order valence-electron chi connectivity index (χ2n) is 8.67. The maximum absolute atomic E-state index is 14.3. The maximum Gasteiger partial charge on any atom is 0.255 e. The number of morpholine rings is 1. The molecule has 2 aliphatic rings. The molecular weight excluding hydrogens is 426 g/mol. The number of pyridine rings is 1. The highest BCUT2D eigenvalue weighted by Crippen LogP contribution is 2.32. The van der Waals surface area contributed by atoms with Crippen molar-refractivity contribution >= 4 is 22.5 Å². The van der Waals surface area contributed by atoms with Crippen molar-refractivity contribution in [3.05, 3.63) is 42.2 Å². The van der Waals surface area contributed by atoms with Crippen LogP contribution in [0.1, 0.15) is 12.0 Å². The van der Waals surface area contributed by atoms with Crippen LogP contribution in [-0.4, -0.2) is 66.8 Å². The molecule has 33 heavy (non-hydrogen) atoms. The maximum atomic E-state index is 14.3. The quantitative estimate of drug-likeness (QED) is 0.611. The van der Waals surface area contributed by atoms with Crippen LogP contribution >= 0.6 is 0 Å². The van der Waals surface area contributed by atoms with Crippen LogP contribution in [0.3, 0.4) is 0 Å². The fraction of sp³-hybridized carbons (Fsp3) is 0.458. The zero-order valence-electron chi connectivity index (χ0n) is 18.7. The third-order valence-electron chi connectivity index (χ3n) is 6.44. The van der Waals surface area contributed by atoms with Gasteiger partial charge in [-0.1, -0.05) is 6.07 Å². The van der Waals surface area contributed by atoms with Crippen molar-refractivity contribution in [2.24, 2.45) is 5.92 Å². The SMILES string of the molecule is Cc1cc(-c2cc3nccnc3c(NCC3CNCCC3(F)F)n2)ccc1N1CCOCC1. The highest BCUT2D eigenvalue weighted by atomic mass is 19.3. The number of nitrogens with one attached hydrogen (secondary N) is 2. The van der Waals surface area contributed by atoms with E-state index < -0.39 is 11.8 Å². The van der Waals surface area contributed by atoms with Crippen LogP contribution in [0, 0.1) is 12.8 Å². The van der Waals surface area contributed by atoms with E-state index in [1.165, 1.54) is 5.69 Å². The summed E-state index contributed by atoms with van der Waals surface area (Å²) in [6, 6.07) is 8.16. The van der Waals surface area contributed by atoms with Crippen molar-refractivity contribution in [2.45, 2.75) is 19.3 Å². The van der Waals surface area contributed by atoms with Gasteiger partial charge < -0.3 is 20.3 Å². The second kappa shape index (κ2) is 9.15. The predicted molar refractivity (Wildman–Crippen MR) is 125 cm³/mol. The molecule has 5 rings (SSSR count). The van der Waals surface area contributed by atoms with E-state index in [-0.39, 0.29) is 19.5 Å². The molecule has 0 radical (unpaired) electrons. The Hall–Kier alpha value is -2.91. The van der Waals surface area contributed by atoms with Crippen LogP contribution in [0.5, 0.6) is 0 Å². The number of alkyl halides is 2. The largest absolute Gasteiger partial charge is 0.378 e. The monoisotopic (exact) mass is 454 g/mol. The minimum atomic E-state index is -2.70. The highest BCUT2D eigenvalue weighted by Gasteiger charge is 2.41. The number of aromatic nitrogens is 3. The molecule has 9 heteroatoms. The lowest BCUT2D eigenvalue weighted by Crippen LogP contribution is -2.47. The van der Waals surface area contributed by atoms with Gasteiger partial charge in [0.1, 0.15) is 5.52 Å². The summed E-state index contributed by atoms with van der Waals surface area (Å²) in [5.41, 5.74) is 5.27.